The van der Waals surface area contributed by atoms with E-state index in [2.05, 4.69) is 35.4 Å². The van der Waals surface area contributed by atoms with Crippen LogP contribution in [0, 0.1) is 17.8 Å². The molecule has 0 aliphatic heterocycles. The topological polar surface area (TPSA) is 36.4 Å². The number of aliphatic imine (C=N–C) groups is 1. The molecule has 0 radical (unpaired) electrons. The minimum atomic E-state index is 0.443. The lowest BCUT2D eigenvalue weighted by atomic mass is 9.84. The van der Waals surface area contributed by atoms with Crippen LogP contribution in [0.25, 0.3) is 0 Å². The molecule has 17 heavy (non-hydrogen) atoms. The number of rotatable bonds is 5. The fourth-order valence-electron chi connectivity index (χ4n) is 2.47. The van der Waals surface area contributed by atoms with E-state index in [0.29, 0.717) is 12.0 Å². The highest BCUT2D eigenvalue weighted by molar-refractivity contribution is 5.80. The first kappa shape index (κ1) is 13.9. The summed E-state index contributed by atoms with van der Waals surface area (Å²) in [6.07, 6.45) is 11.8. The van der Waals surface area contributed by atoms with E-state index in [0.717, 1.165) is 19.0 Å². The van der Waals surface area contributed by atoms with E-state index < -0.39 is 0 Å². The summed E-state index contributed by atoms with van der Waals surface area (Å²) in [5.41, 5.74) is 0.443. The fraction of sp³-hybridized carbons (Fsp3) is 0.786. The van der Waals surface area contributed by atoms with Crippen molar-refractivity contribution < 1.29 is 0 Å². The summed E-state index contributed by atoms with van der Waals surface area (Å²) in [5.74, 6) is 3.43. The van der Waals surface area contributed by atoms with Gasteiger partial charge in [0.1, 0.15) is 0 Å². The second-order valence-corrected chi connectivity index (χ2v) is 4.81. The molecule has 1 saturated carbocycles. The number of nitrogens with one attached hydrogen (secondary N) is 2. The molecule has 0 amide bonds. The molecule has 2 N–H and O–H groups in total. The Morgan fingerprint density at radius 2 is 2.00 bits per heavy atom. The van der Waals surface area contributed by atoms with Crippen LogP contribution in [-0.4, -0.2) is 25.6 Å². The van der Waals surface area contributed by atoms with E-state index in [4.69, 9.17) is 6.42 Å². The van der Waals surface area contributed by atoms with Gasteiger partial charge in [-0.25, -0.2) is 0 Å². The maximum Gasteiger partial charge on any atom is 0.192 e. The van der Waals surface area contributed by atoms with Crippen LogP contribution in [-0.2, 0) is 0 Å². The third kappa shape index (κ3) is 4.30. The lowest BCUT2D eigenvalue weighted by Gasteiger charge is -2.25. The second kappa shape index (κ2) is 7.21. The van der Waals surface area contributed by atoms with Crippen LogP contribution < -0.4 is 10.6 Å². The third-order valence-corrected chi connectivity index (χ3v) is 3.69. The Hall–Kier alpha value is -1.17. The Kier molecular flexibility index (Phi) is 5.90. The molecule has 96 valence electrons. The highest BCUT2D eigenvalue weighted by atomic mass is 15.2. The van der Waals surface area contributed by atoms with Gasteiger partial charge in [-0.05, 0) is 31.6 Å². The fourth-order valence-corrected chi connectivity index (χ4v) is 2.47. The van der Waals surface area contributed by atoms with Crippen molar-refractivity contribution in [3.63, 3.8) is 0 Å². The monoisotopic (exact) mass is 235 g/mol. The summed E-state index contributed by atoms with van der Waals surface area (Å²) >= 11 is 0. The third-order valence-electron chi connectivity index (χ3n) is 3.69. The van der Waals surface area contributed by atoms with Gasteiger partial charge in [-0.15, -0.1) is 6.42 Å². The van der Waals surface area contributed by atoms with Crippen LogP contribution >= 0.6 is 0 Å². The largest absolute Gasteiger partial charge is 0.357 e. The highest BCUT2D eigenvalue weighted by Gasteiger charge is 2.31. The summed E-state index contributed by atoms with van der Waals surface area (Å²) in [6, 6.07) is 0. The number of hydrogen-bond acceptors (Lipinski definition) is 1. The number of guanidine groups is 1. The molecule has 0 atom stereocenters. The zero-order chi connectivity index (χ0) is 12.6. The van der Waals surface area contributed by atoms with E-state index in [9.17, 15) is 0 Å². The Labute approximate surface area is 105 Å². The molecule has 0 unspecified atom stereocenters. The van der Waals surface area contributed by atoms with Crippen molar-refractivity contribution in [1.29, 1.82) is 0 Å². The summed E-state index contributed by atoms with van der Waals surface area (Å²) < 4.78 is 0. The summed E-state index contributed by atoms with van der Waals surface area (Å²) in [4.78, 5) is 4.67. The lowest BCUT2D eigenvalue weighted by Crippen LogP contribution is -2.38. The predicted molar refractivity (Wildman–Crippen MR) is 74.0 cm³/mol. The average Bonchev–Trinajstić information content (AvgIpc) is 2.82. The van der Waals surface area contributed by atoms with Gasteiger partial charge in [0.25, 0.3) is 0 Å². The van der Waals surface area contributed by atoms with E-state index in [1.54, 1.807) is 0 Å². The average molecular weight is 235 g/mol. The van der Waals surface area contributed by atoms with Gasteiger partial charge in [-0.3, -0.25) is 4.99 Å². The SMILES string of the molecule is C#CCNC(=NCC1(CC)CCCC1)NCC. The molecule has 3 heteroatoms. The smallest absolute Gasteiger partial charge is 0.192 e. The standard InChI is InChI=1S/C14H25N3/c1-4-11-16-13(15-6-3)17-12-14(5-2)9-7-8-10-14/h1H,5-12H2,2-3H3,(H2,15,16,17). The van der Waals surface area contributed by atoms with E-state index in [1.165, 1.54) is 32.1 Å². The predicted octanol–water partition coefficient (Wildman–Crippen LogP) is 2.15. The summed E-state index contributed by atoms with van der Waals surface area (Å²) in [7, 11) is 0. The minimum Gasteiger partial charge on any atom is -0.357 e. The first-order chi connectivity index (χ1) is 8.26. The van der Waals surface area contributed by atoms with Crippen LogP contribution in [0.3, 0.4) is 0 Å². The normalized spacial score (nSPS) is 18.8. The van der Waals surface area contributed by atoms with E-state index >= 15 is 0 Å². The van der Waals surface area contributed by atoms with Gasteiger partial charge >= 0.3 is 0 Å². The van der Waals surface area contributed by atoms with Crippen LogP contribution in [0.5, 0.6) is 0 Å². The van der Waals surface area contributed by atoms with Crippen molar-refractivity contribution in [1.82, 2.24) is 10.6 Å². The van der Waals surface area contributed by atoms with E-state index in [-0.39, 0.29) is 0 Å². The summed E-state index contributed by atoms with van der Waals surface area (Å²) in [5, 5.41) is 6.36. The Morgan fingerprint density at radius 3 is 2.53 bits per heavy atom. The van der Waals surface area contributed by atoms with Gasteiger partial charge in [-0.1, -0.05) is 25.7 Å². The van der Waals surface area contributed by atoms with Crippen molar-refractivity contribution >= 4 is 5.96 Å². The number of hydrogen-bond donors (Lipinski definition) is 2. The Morgan fingerprint density at radius 1 is 1.29 bits per heavy atom. The van der Waals surface area contributed by atoms with E-state index in [1.807, 2.05) is 0 Å². The first-order valence-corrected chi connectivity index (χ1v) is 6.72. The molecule has 1 fully saturated rings. The van der Waals surface area contributed by atoms with Crippen molar-refractivity contribution in [3.8, 4) is 12.3 Å². The maximum atomic E-state index is 5.25. The minimum absolute atomic E-state index is 0.443. The zero-order valence-corrected chi connectivity index (χ0v) is 11.2. The molecular weight excluding hydrogens is 210 g/mol. The van der Waals surface area contributed by atoms with Crippen molar-refractivity contribution in [2.75, 3.05) is 19.6 Å². The van der Waals surface area contributed by atoms with Gasteiger partial charge < -0.3 is 10.6 Å². The second-order valence-electron chi connectivity index (χ2n) is 4.81. The van der Waals surface area contributed by atoms with Gasteiger partial charge in [0.15, 0.2) is 5.96 Å². The zero-order valence-electron chi connectivity index (χ0n) is 11.2. The van der Waals surface area contributed by atoms with Crippen molar-refractivity contribution in [2.45, 2.75) is 46.0 Å². The molecule has 0 aromatic heterocycles. The number of nitrogens with zero attached hydrogens (tertiary/aromatic N) is 1. The number of terminal acetylenes is 1. The molecule has 0 heterocycles. The van der Waals surface area contributed by atoms with Crippen LogP contribution in [0.1, 0.15) is 46.0 Å². The van der Waals surface area contributed by atoms with Gasteiger partial charge in [0.05, 0.1) is 6.54 Å². The lowest BCUT2D eigenvalue weighted by molar-refractivity contribution is 0.297. The molecule has 0 saturated heterocycles. The molecule has 0 aromatic carbocycles. The van der Waals surface area contributed by atoms with Crippen LogP contribution in [0.4, 0.5) is 0 Å². The first-order valence-electron chi connectivity index (χ1n) is 6.72. The molecule has 1 aliphatic carbocycles. The van der Waals surface area contributed by atoms with Crippen molar-refractivity contribution in [2.24, 2.45) is 10.4 Å². The molecule has 0 aromatic rings. The van der Waals surface area contributed by atoms with Crippen LogP contribution in [0.15, 0.2) is 4.99 Å². The Bertz CT molecular complexity index is 282. The Balaban J connectivity index is 2.54. The van der Waals surface area contributed by atoms with Gasteiger partial charge in [0.2, 0.25) is 0 Å². The van der Waals surface area contributed by atoms with Gasteiger partial charge in [0, 0.05) is 13.1 Å². The van der Waals surface area contributed by atoms with Crippen LogP contribution in [0.2, 0.25) is 0 Å². The quantitative estimate of drug-likeness (QED) is 0.435. The molecule has 3 nitrogen and oxygen atoms in total. The molecule has 1 aliphatic rings. The van der Waals surface area contributed by atoms with Gasteiger partial charge in [-0.2, -0.15) is 0 Å². The molecule has 0 spiro atoms. The van der Waals surface area contributed by atoms with Crippen molar-refractivity contribution in [3.05, 3.63) is 0 Å². The molecule has 1 rings (SSSR count). The summed E-state index contributed by atoms with van der Waals surface area (Å²) in [6.45, 7) is 6.67. The molecular formula is C14H25N3. The maximum absolute atomic E-state index is 5.25. The molecule has 0 bridgehead atoms. The highest BCUT2D eigenvalue weighted by Crippen LogP contribution is 2.41.